The molecular formula is C10H18N4O. The van der Waals surface area contributed by atoms with Gasteiger partial charge in [0, 0.05) is 12.0 Å². The van der Waals surface area contributed by atoms with E-state index in [-0.39, 0.29) is 0 Å². The second kappa shape index (κ2) is 6.19. The third kappa shape index (κ3) is 3.36. The summed E-state index contributed by atoms with van der Waals surface area (Å²) in [6.07, 6.45) is 5.68. The number of H-pyrrole nitrogens is 1. The van der Waals surface area contributed by atoms with E-state index in [2.05, 4.69) is 27.6 Å². The van der Waals surface area contributed by atoms with Crippen LogP contribution in [0.25, 0.3) is 0 Å². The molecule has 0 radical (unpaired) electrons. The van der Waals surface area contributed by atoms with Gasteiger partial charge in [-0.15, -0.1) is 0 Å². The summed E-state index contributed by atoms with van der Waals surface area (Å²) < 4.78 is 0. The van der Waals surface area contributed by atoms with Crippen molar-refractivity contribution < 1.29 is 5.21 Å². The van der Waals surface area contributed by atoms with Crippen LogP contribution in [0.3, 0.4) is 0 Å². The van der Waals surface area contributed by atoms with Gasteiger partial charge in [-0.25, -0.2) is 4.99 Å². The van der Waals surface area contributed by atoms with Gasteiger partial charge in [-0.1, -0.05) is 20.3 Å². The van der Waals surface area contributed by atoms with Crippen LogP contribution in [-0.2, 0) is 6.42 Å². The molecule has 0 saturated carbocycles. The number of rotatable bonds is 5. The molecule has 0 amide bonds. The van der Waals surface area contributed by atoms with E-state index in [1.807, 2.05) is 6.92 Å². The van der Waals surface area contributed by atoms with Gasteiger partial charge in [0.1, 0.15) is 5.84 Å². The molecule has 0 aliphatic rings. The summed E-state index contributed by atoms with van der Waals surface area (Å²) in [5.41, 5.74) is 3.17. The van der Waals surface area contributed by atoms with Crippen LogP contribution in [-0.4, -0.2) is 21.2 Å². The van der Waals surface area contributed by atoms with Crippen LogP contribution in [0.2, 0.25) is 0 Å². The summed E-state index contributed by atoms with van der Waals surface area (Å²) in [6, 6.07) is 0. The normalized spacial score (nSPS) is 11.8. The maximum Gasteiger partial charge on any atom is 0.153 e. The van der Waals surface area contributed by atoms with Gasteiger partial charge in [-0.05, 0) is 12.8 Å². The first-order chi connectivity index (χ1) is 7.31. The number of aromatic amines is 1. The predicted molar refractivity (Wildman–Crippen MR) is 59.5 cm³/mol. The van der Waals surface area contributed by atoms with Gasteiger partial charge in [0.05, 0.1) is 6.20 Å². The third-order valence-corrected chi connectivity index (χ3v) is 2.21. The van der Waals surface area contributed by atoms with Crippen LogP contribution in [0.5, 0.6) is 0 Å². The molecule has 1 aromatic rings. The zero-order valence-electron chi connectivity index (χ0n) is 9.25. The number of aryl methyl sites for hydroxylation is 1. The number of hydrogen-bond acceptors (Lipinski definition) is 3. The first-order valence-corrected chi connectivity index (χ1v) is 5.31. The Morgan fingerprint density at radius 3 is 3.00 bits per heavy atom. The van der Waals surface area contributed by atoms with Gasteiger partial charge in [0.15, 0.2) is 5.82 Å². The van der Waals surface area contributed by atoms with Crippen molar-refractivity contribution in [3.8, 4) is 0 Å². The molecule has 0 aromatic carbocycles. The molecule has 0 saturated heterocycles. The molecule has 1 heterocycles. The molecule has 0 bridgehead atoms. The molecule has 1 rings (SSSR count). The van der Waals surface area contributed by atoms with Gasteiger partial charge in [-0.2, -0.15) is 5.10 Å². The first-order valence-electron chi connectivity index (χ1n) is 5.31. The Bertz CT molecular complexity index is 313. The number of aliphatic imine (C=N–C) groups is 1. The molecule has 5 nitrogen and oxygen atoms in total. The Hall–Kier alpha value is -1.36. The van der Waals surface area contributed by atoms with E-state index in [1.54, 1.807) is 6.20 Å². The number of nitrogens with one attached hydrogen (secondary N) is 2. The fourth-order valence-electron chi connectivity index (χ4n) is 1.27. The minimum absolute atomic E-state index is 0.539. The highest BCUT2D eigenvalue weighted by Gasteiger charge is 2.04. The molecule has 0 aliphatic carbocycles. The number of aromatic nitrogens is 2. The van der Waals surface area contributed by atoms with Gasteiger partial charge in [0.2, 0.25) is 0 Å². The lowest BCUT2D eigenvalue weighted by Crippen LogP contribution is -2.17. The highest BCUT2D eigenvalue weighted by molar-refractivity contribution is 5.83. The largest absolute Gasteiger partial charge is 0.290 e. The summed E-state index contributed by atoms with van der Waals surface area (Å²) in [6.45, 7) is 4.07. The molecule has 0 fully saturated rings. The lowest BCUT2D eigenvalue weighted by atomic mass is 10.1. The molecule has 0 atom stereocenters. The summed E-state index contributed by atoms with van der Waals surface area (Å²) in [5.74, 6) is 1.28. The van der Waals surface area contributed by atoms with E-state index in [9.17, 15) is 0 Å². The Morgan fingerprint density at radius 1 is 1.60 bits per heavy atom. The summed E-state index contributed by atoms with van der Waals surface area (Å²) in [7, 11) is 0. The van der Waals surface area contributed by atoms with Crippen LogP contribution in [0.15, 0.2) is 11.2 Å². The predicted octanol–water partition coefficient (Wildman–Crippen LogP) is 2.17. The van der Waals surface area contributed by atoms with Crippen molar-refractivity contribution in [2.75, 3.05) is 0 Å². The highest BCUT2D eigenvalue weighted by atomic mass is 16.5. The van der Waals surface area contributed by atoms with Gasteiger partial charge in [-0.3, -0.25) is 15.8 Å². The molecule has 0 spiro atoms. The lowest BCUT2D eigenvalue weighted by molar-refractivity contribution is 0.232. The summed E-state index contributed by atoms with van der Waals surface area (Å²) in [4.78, 5) is 4.25. The lowest BCUT2D eigenvalue weighted by Gasteiger charge is -2.01. The smallest absolute Gasteiger partial charge is 0.153 e. The molecule has 15 heavy (non-hydrogen) atoms. The molecular weight excluding hydrogens is 192 g/mol. The second-order valence-electron chi connectivity index (χ2n) is 3.37. The Labute approximate surface area is 89.6 Å². The van der Waals surface area contributed by atoms with E-state index in [0.717, 1.165) is 30.6 Å². The SMILES string of the molecule is CCCCc1cn[nH]c1/N=C(/CC)NO. The maximum atomic E-state index is 8.78. The Balaban J connectivity index is 2.75. The average Bonchev–Trinajstić information content (AvgIpc) is 2.70. The zero-order valence-corrected chi connectivity index (χ0v) is 9.25. The van der Waals surface area contributed by atoms with E-state index < -0.39 is 0 Å². The minimum Gasteiger partial charge on any atom is -0.290 e. The van der Waals surface area contributed by atoms with Crippen molar-refractivity contribution in [1.82, 2.24) is 15.7 Å². The van der Waals surface area contributed by atoms with Crippen LogP contribution in [0.4, 0.5) is 5.82 Å². The van der Waals surface area contributed by atoms with E-state index in [0.29, 0.717) is 12.3 Å². The fraction of sp³-hybridized carbons (Fsp3) is 0.600. The Kier molecular flexibility index (Phi) is 4.83. The van der Waals surface area contributed by atoms with Gasteiger partial charge < -0.3 is 0 Å². The van der Waals surface area contributed by atoms with E-state index >= 15 is 0 Å². The van der Waals surface area contributed by atoms with Crippen LogP contribution in [0, 0.1) is 0 Å². The van der Waals surface area contributed by atoms with Crippen molar-refractivity contribution in [1.29, 1.82) is 0 Å². The van der Waals surface area contributed by atoms with Crippen molar-refractivity contribution in [2.24, 2.45) is 4.99 Å². The first kappa shape index (κ1) is 11.7. The van der Waals surface area contributed by atoms with E-state index in [1.165, 1.54) is 0 Å². The number of nitrogens with zero attached hydrogens (tertiary/aromatic N) is 2. The standard InChI is InChI=1S/C10H18N4O/c1-3-5-6-8-7-11-13-10(8)12-9(4-2)14-15/h7,15H,3-6H2,1-2H3,(H2,11,12,13,14). The minimum atomic E-state index is 0.539. The molecule has 1 aromatic heterocycles. The van der Waals surface area contributed by atoms with Crippen LogP contribution < -0.4 is 5.48 Å². The van der Waals surface area contributed by atoms with Crippen LogP contribution >= 0.6 is 0 Å². The molecule has 0 aliphatic heterocycles. The van der Waals surface area contributed by atoms with Crippen molar-refractivity contribution in [3.05, 3.63) is 11.8 Å². The number of amidine groups is 1. The second-order valence-corrected chi connectivity index (χ2v) is 3.37. The highest BCUT2D eigenvalue weighted by Crippen LogP contribution is 2.17. The van der Waals surface area contributed by atoms with Gasteiger partial charge in [0.25, 0.3) is 0 Å². The number of unbranched alkanes of at least 4 members (excludes halogenated alkanes) is 1. The topological polar surface area (TPSA) is 73.3 Å². The number of hydrogen-bond donors (Lipinski definition) is 3. The maximum absolute atomic E-state index is 8.78. The Morgan fingerprint density at radius 2 is 2.40 bits per heavy atom. The van der Waals surface area contributed by atoms with Crippen LogP contribution in [0.1, 0.15) is 38.7 Å². The van der Waals surface area contributed by atoms with Gasteiger partial charge >= 0.3 is 0 Å². The summed E-state index contributed by atoms with van der Waals surface area (Å²) in [5, 5.41) is 15.6. The molecule has 3 N–H and O–H groups in total. The van der Waals surface area contributed by atoms with Crippen molar-refractivity contribution in [2.45, 2.75) is 39.5 Å². The van der Waals surface area contributed by atoms with E-state index in [4.69, 9.17) is 5.21 Å². The monoisotopic (exact) mass is 210 g/mol. The molecule has 84 valence electrons. The quantitative estimate of drug-likeness (QED) is 0.396. The third-order valence-electron chi connectivity index (χ3n) is 2.21. The molecule has 0 unspecified atom stereocenters. The van der Waals surface area contributed by atoms with Crippen molar-refractivity contribution in [3.63, 3.8) is 0 Å². The zero-order chi connectivity index (χ0) is 11.1. The average molecular weight is 210 g/mol. The number of hydroxylamine groups is 1. The summed E-state index contributed by atoms with van der Waals surface area (Å²) >= 11 is 0. The van der Waals surface area contributed by atoms with Crippen molar-refractivity contribution >= 4 is 11.7 Å². The molecule has 5 heteroatoms. The fourth-order valence-corrected chi connectivity index (χ4v) is 1.27.